The van der Waals surface area contributed by atoms with Crippen molar-refractivity contribution in [3.05, 3.63) is 52.2 Å². The Bertz CT molecular complexity index is 522. The van der Waals surface area contributed by atoms with Gasteiger partial charge in [-0.1, -0.05) is 25.1 Å². The van der Waals surface area contributed by atoms with E-state index in [0.717, 1.165) is 13.0 Å². The summed E-state index contributed by atoms with van der Waals surface area (Å²) in [6.07, 6.45) is 0.977. The summed E-state index contributed by atoms with van der Waals surface area (Å²) in [7, 11) is 0. The minimum atomic E-state index is 0.147. The highest BCUT2D eigenvalue weighted by Crippen LogP contribution is 2.33. The average molecular weight is 288 g/mol. The Hall–Kier alpha value is -1.32. The van der Waals surface area contributed by atoms with E-state index < -0.39 is 0 Å². The third kappa shape index (κ3) is 3.22. The number of nitrogens with two attached hydrogens (primary N) is 1. The Balaban J connectivity index is 2.39. The number of benzene rings is 1. The Kier molecular flexibility index (Phi) is 5.21. The maximum absolute atomic E-state index is 6.43. The number of nitrogens with zero attached hydrogens (tertiary/aromatic N) is 1. The summed E-state index contributed by atoms with van der Waals surface area (Å²) in [5.74, 6) is 0. The molecule has 2 unspecified atom stereocenters. The van der Waals surface area contributed by atoms with Crippen molar-refractivity contribution in [3.63, 3.8) is 0 Å². The van der Waals surface area contributed by atoms with Gasteiger partial charge in [-0.15, -0.1) is 11.3 Å². The third-order valence-corrected chi connectivity index (χ3v) is 4.66. The molecule has 1 heterocycles. The number of hydrogen-bond donors (Lipinski definition) is 1. The van der Waals surface area contributed by atoms with Gasteiger partial charge in [0.15, 0.2) is 0 Å². The fraction of sp³-hybridized carbons (Fsp3) is 0.412. The van der Waals surface area contributed by atoms with Crippen LogP contribution in [-0.2, 0) is 0 Å². The molecule has 0 fully saturated rings. The predicted octanol–water partition coefficient (Wildman–Crippen LogP) is 4.36. The molecule has 0 radical (unpaired) electrons. The Morgan fingerprint density at radius 3 is 2.55 bits per heavy atom. The summed E-state index contributed by atoms with van der Waals surface area (Å²) >= 11 is 1.80. The third-order valence-electron chi connectivity index (χ3n) is 3.72. The molecule has 1 aromatic carbocycles. The number of rotatable bonds is 6. The first kappa shape index (κ1) is 15.1. The van der Waals surface area contributed by atoms with Gasteiger partial charge in [-0.2, -0.15) is 0 Å². The molecule has 0 saturated heterocycles. The summed E-state index contributed by atoms with van der Waals surface area (Å²) < 4.78 is 0. The first-order valence-corrected chi connectivity index (χ1v) is 8.17. The highest BCUT2D eigenvalue weighted by Gasteiger charge is 2.26. The van der Waals surface area contributed by atoms with Crippen LogP contribution in [0, 0.1) is 6.92 Å². The molecule has 2 rings (SSSR count). The van der Waals surface area contributed by atoms with Gasteiger partial charge in [0.2, 0.25) is 0 Å². The lowest BCUT2D eigenvalue weighted by atomic mass is 10.0. The molecular formula is C17H24N2S. The molecule has 0 aliphatic heterocycles. The molecule has 0 bridgehead atoms. The highest BCUT2D eigenvalue weighted by atomic mass is 32.1. The van der Waals surface area contributed by atoms with Crippen LogP contribution in [-0.4, -0.2) is 12.6 Å². The van der Waals surface area contributed by atoms with Crippen molar-refractivity contribution in [1.29, 1.82) is 0 Å². The van der Waals surface area contributed by atoms with Gasteiger partial charge in [0.1, 0.15) is 0 Å². The average Bonchev–Trinajstić information content (AvgIpc) is 2.97. The van der Waals surface area contributed by atoms with E-state index in [9.17, 15) is 0 Å². The van der Waals surface area contributed by atoms with Crippen LogP contribution in [0.5, 0.6) is 0 Å². The smallest absolute Gasteiger partial charge is 0.0785 e. The van der Waals surface area contributed by atoms with Crippen molar-refractivity contribution < 1.29 is 0 Å². The molecule has 0 aliphatic carbocycles. The normalized spacial score (nSPS) is 14.0. The second-order valence-electron chi connectivity index (χ2n) is 5.16. The van der Waals surface area contributed by atoms with Crippen molar-refractivity contribution in [1.82, 2.24) is 0 Å². The minimum Gasteiger partial charge on any atom is -0.362 e. The quantitative estimate of drug-likeness (QED) is 0.855. The van der Waals surface area contributed by atoms with E-state index in [2.05, 4.69) is 67.4 Å². The van der Waals surface area contributed by atoms with Crippen molar-refractivity contribution in [3.8, 4) is 0 Å². The summed E-state index contributed by atoms with van der Waals surface area (Å²) in [6.45, 7) is 7.46. The maximum Gasteiger partial charge on any atom is 0.0785 e. The van der Waals surface area contributed by atoms with Crippen LogP contribution < -0.4 is 10.6 Å². The Labute approximate surface area is 126 Å². The SMILES string of the molecule is CCC(N)C(c1cccs1)N(CC)c1cccc(C)c1. The molecule has 0 amide bonds. The number of thiophene rings is 1. The predicted molar refractivity (Wildman–Crippen MR) is 89.5 cm³/mol. The molecule has 3 heteroatoms. The van der Waals surface area contributed by atoms with E-state index in [1.165, 1.54) is 16.1 Å². The van der Waals surface area contributed by atoms with Crippen LogP contribution in [0.1, 0.15) is 36.8 Å². The molecule has 2 N–H and O–H groups in total. The number of anilines is 1. The molecule has 0 spiro atoms. The van der Waals surface area contributed by atoms with Crippen LogP contribution in [0.2, 0.25) is 0 Å². The second-order valence-corrected chi connectivity index (χ2v) is 6.14. The number of aryl methyl sites for hydroxylation is 1. The van der Waals surface area contributed by atoms with Crippen LogP contribution >= 0.6 is 11.3 Å². The monoisotopic (exact) mass is 288 g/mol. The lowest BCUT2D eigenvalue weighted by Crippen LogP contribution is -2.40. The van der Waals surface area contributed by atoms with E-state index >= 15 is 0 Å². The standard InChI is InChI=1S/C17H24N2S/c1-4-15(18)17(16-10-7-11-20-16)19(5-2)14-9-6-8-13(3)12-14/h6-12,15,17H,4-5,18H2,1-3H3. The minimum absolute atomic E-state index is 0.147. The molecular weight excluding hydrogens is 264 g/mol. The summed E-state index contributed by atoms with van der Waals surface area (Å²) in [6, 6.07) is 13.4. The van der Waals surface area contributed by atoms with Gasteiger partial charge in [-0.3, -0.25) is 0 Å². The van der Waals surface area contributed by atoms with Gasteiger partial charge in [0, 0.05) is 23.2 Å². The topological polar surface area (TPSA) is 29.3 Å². The van der Waals surface area contributed by atoms with Gasteiger partial charge >= 0.3 is 0 Å². The van der Waals surface area contributed by atoms with Crippen LogP contribution in [0.4, 0.5) is 5.69 Å². The Morgan fingerprint density at radius 1 is 1.20 bits per heavy atom. The van der Waals surface area contributed by atoms with Crippen LogP contribution in [0.25, 0.3) is 0 Å². The second kappa shape index (κ2) is 6.91. The van der Waals surface area contributed by atoms with Gasteiger partial charge in [-0.05, 0) is 49.4 Å². The van der Waals surface area contributed by atoms with Gasteiger partial charge in [0.05, 0.1) is 6.04 Å². The first-order valence-electron chi connectivity index (χ1n) is 7.29. The number of hydrogen-bond acceptors (Lipinski definition) is 3. The largest absolute Gasteiger partial charge is 0.362 e. The van der Waals surface area contributed by atoms with Crippen molar-refractivity contribution in [2.75, 3.05) is 11.4 Å². The van der Waals surface area contributed by atoms with E-state index in [4.69, 9.17) is 5.73 Å². The van der Waals surface area contributed by atoms with Gasteiger partial charge < -0.3 is 10.6 Å². The zero-order valence-electron chi connectivity index (χ0n) is 12.5. The molecule has 20 heavy (non-hydrogen) atoms. The maximum atomic E-state index is 6.43. The van der Waals surface area contributed by atoms with E-state index in [0.29, 0.717) is 0 Å². The zero-order chi connectivity index (χ0) is 14.5. The van der Waals surface area contributed by atoms with Crippen LogP contribution in [0.15, 0.2) is 41.8 Å². The molecule has 2 nitrogen and oxygen atoms in total. The molecule has 1 aromatic heterocycles. The summed E-state index contributed by atoms with van der Waals surface area (Å²) in [5.41, 5.74) is 8.97. The molecule has 2 aromatic rings. The lowest BCUT2D eigenvalue weighted by molar-refractivity contribution is 0.501. The van der Waals surface area contributed by atoms with Gasteiger partial charge in [-0.25, -0.2) is 0 Å². The van der Waals surface area contributed by atoms with Crippen molar-refractivity contribution in [2.24, 2.45) is 5.73 Å². The van der Waals surface area contributed by atoms with Crippen molar-refractivity contribution in [2.45, 2.75) is 39.3 Å². The van der Waals surface area contributed by atoms with E-state index in [-0.39, 0.29) is 12.1 Å². The molecule has 2 atom stereocenters. The fourth-order valence-corrected chi connectivity index (χ4v) is 3.54. The van der Waals surface area contributed by atoms with Gasteiger partial charge in [0.25, 0.3) is 0 Å². The highest BCUT2D eigenvalue weighted by molar-refractivity contribution is 7.10. The molecule has 0 aliphatic rings. The molecule has 108 valence electrons. The van der Waals surface area contributed by atoms with Crippen LogP contribution in [0.3, 0.4) is 0 Å². The van der Waals surface area contributed by atoms with E-state index in [1.54, 1.807) is 11.3 Å². The fourth-order valence-electron chi connectivity index (χ4n) is 2.63. The lowest BCUT2D eigenvalue weighted by Gasteiger charge is -2.36. The molecule has 0 saturated carbocycles. The Morgan fingerprint density at radius 2 is 2.00 bits per heavy atom. The van der Waals surface area contributed by atoms with E-state index in [1.807, 2.05) is 0 Å². The number of likely N-dealkylation sites (N-methyl/N-ethyl adjacent to an activating group) is 1. The first-order chi connectivity index (χ1) is 9.67. The van der Waals surface area contributed by atoms with Crippen molar-refractivity contribution >= 4 is 17.0 Å². The zero-order valence-corrected chi connectivity index (χ0v) is 13.4. The summed E-state index contributed by atoms with van der Waals surface area (Å²) in [4.78, 5) is 3.77. The summed E-state index contributed by atoms with van der Waals surface area (Å²) in [5, 5.41) is 2.13.